The first-order chi connectivity index (χ1) is 8.59. The van der Waals surface area contributed by atoms with E-state index >= 15 is 0 Å². The zero-order valence-electron chi connectivity index (χ0n) is 10.6. The molecule has 1 aromatic carbocycles. The second kappa shape index (κ2) is 5.00. The fraction of sp³-hybridized carbons (Fsp3) is 0.200. The van der Waals surface area contributed by atoms with Gasteiger partial charge in [-0.15, -0.1) is 0 Å². The highest BCUT2D eigenvalue weighted by Gasteiger charge is 2.12. The molecule has 0 saturated heterocycles. The molecule has 3 heteroatoms. The molecule has 1 aromatic heterocycles. The van der Waals surface area contributed by atoms with Gasteiger partial charge in [-0.2, -0.15) is 0 Å². The summed E-state index contributed by atoms with van der Waals surface area (Å²) >= 11 is 0. The Morgan fingerprint density at radius 3 is 2.39 bits per heavy atom. The van der Waals surface area contributed by atoms with E-state index in [4.69, 9.17) is 5.73 Å². The van der Waals surface area contributed by atoms with Crippen LogP contribution in [0.3, 0.4) is 0 Å². The zero-order valence-corrected chi connectivity index (χ0v) is 10.6. The second-order valence-electron chi connectivity index (χ2n) is 4.54. The number of nitrogens with two attached hydrogens (primary N) is 1. The third kappa shape index (κ3) is 2.40. The van der Waals surface area contributed by atoms with Crippen molar-refractivity contribution in [1.29, 1.82) is 0 Å². The highest BCUT2D eigenvalue weighted by atomic mass is 16.1. The minimum atomic E-state index is -0.0871. The summed E-state index contributed by atoms with van der Waals surface area (Å²) in [6.07, 6.45) is 1.58. The van der Waals surface area contributed by atoms with Gasteiger partial charge in [-0.1, -0.05) is 38.1 Å². The normalized spacial score (nSPS) is 10.6. The average molecular weight is 240 g/mol. The van der Waals surface area contributed by atoms with Gasteiger partial charge < -0.3 is 5.73 Å². The number of benzene rings is 1. The lowest BCUT2D eigenvalue weighted by Crippen LogP contribution is -2.06. The molecule has 2 aromatic rings. The molecule has 0 aliphatic carbocycles. The highest BCUT2D eigenvalue weighted by molar-refractivity contribution is 6.11. The van der Waals surface area contributed by atoms with Crippen LogP contribution in [0.25, 0.3) is 0 Å². The molecular weight excluding hydrogens is 224 g/mol. The second-order valence-corrected chi connectivity index (χ2v) is 4.54. The molecule has 3 nitrogen and oxygen atoms in total. The number of rotatable bonds is 3. The third-order valence-electron chi connectivity index (χ3n) is 2.92. The van der Waals surface area contributed by atoms with E-state index in [9.17, 15) is 4.79 Å². The molecule has 0 amide bonds. The van der Waals surface area contributed by atoms with Crippen molar-refractivity contribution >= 4 is 11.6 Å². The molecule has 0 aliphatic heterocycles. The van der Waals surface area contributed by atoms with Crippen LogP contribution in [0.15, 0.2) is 42.6 Å². The molecule has 1 heterocycles. The van der Waals surface area contributed by atoms with E-state index in [1.165, 1.54) is 5.56 Å². The van der Waals surface area contributed by atoms with E-state index in [1.807, 2.05) is 24.3 Å². The van der Waals surface area contributed by atoms with Crippen molar-refractivity contribution in [3.63, 3.8) is 0 Å². The average Bonchev–Trinajstić information content (AvgIpc) is 2.38. The Hall–Kier alpha value is -2.16. The van der Waals surface area contributed by atoms with Crippen LogP contribution in [0.4, 0.5) is 5.82 Å². The van der Waals surface area contributed by atoms with E-state index in [0.29, 0.717) is 17.0 Å². The monoisotopic (exact) mass is 240 g/mol. The quantitative estimate of drug-likeness (QED) is 0.839. The van der Waals surface area contributed by atoms with Crippen LogP contribution in [0.2, 0.25) is 0 Å². The fourth-order valence-corrected chi connectivity index (χ4v) is 1.78. The summed E-state index contributed by atoms with van der Waals surface area (Å²) < 4.78 is 0. The highest BCUT2D eigenvalue weighted by Crippen LogP contribution is 2.18. The van der Waals surface area contributed by atoms with Crippen LogP contribution in [-0.4, -0.2) is 10.8 Å². The van der Waals surface area contributed by atoms with Crippen molar-refractivity contribution < 1.29 is 4.79 Å². The lowest BCUT2D eigenvalue weighted by Gasteiger charge is -2.07. The predicted molar refractivity (Wildman–Crippen MR) is 72.6 cm³/mol. The summed E-state index contributed by atoms with van der Waals surface area (Å²) in [5.41, 5.74) is 8.01. The Labute approximate surface area is 107 Å². The molecule has 2 N–H and O–H groups in total. The Balaban J connectivity index is 2.32. The van der Waals surface area contributed by atoms with Crippen LogP contribution in [0.5, 0.6) is 0 Å². The molecule has 18 heavy (non-hydrogen) atoms. The summed E-state index contributed by atoms with van der Waals surface area (Å²) in [4.78, 5) is 16.2. The Kier molecular flexibility index (Phi) is 3.42. The van der Waals surface area contributed by atoms with Crippen molar-refractivity contribution in [3.8, 4) is 0 Å². The van der Waals surface area contributed by atoms with E-state index < -0.39 is 0 Å². The SMILES string of the molecule is CC(C)c1ccc(C(=O)c2cccnc2N)cc1. The van der Waals surface area contributed by atoms with Crippen LogP contribution in [-0.2, 0) is 0 Å². The molecule has 0 fully saturated rings. The van der Waals surface area contributed by atoms with Gasteiger partial charge in [0.1, 0.15) is 5.82 Å². The van der Waals surface area contributed by atoms with Crippen molar-refractivity contribution in [3.05, 3.63) is 59.3 Å². The number of carbonyl (C=O) groups is 1. The zero-order chi connectivity index (χ0) is 13.1. The number of aromatic nitrogens is 1. The third-order valence-corrected chi connectivity index (χ3v) is 2.92. The van der Waals surface area contributed by atoms with Gasteiger partial charge in [-0.05, 0) is 23.6 Å². The van der Waals surface area contributed by atoms with Crippen molar-refractivity contribution in [2.24, 2.45) is 0 Å². The number of carbonyl (C=O) groups excluding carboxylic acids is 1. The Morgan fingerprint density at radius 2 is 1.83 bits per heavy atom. The molecule has 0 saturated carbocycles. The standard InChI is InChI=1S/C15H16N2O/c1-10(2)11-5-7-12(8-6-11)14(18)13-4-3-9-17-15(13)16/h3-10H,1-2H3,(H2,16,17). The van der Waals surface area contributed by atoms with E-state index in [1.54, 1.807) is 18.3 Å². The van der Waals surface area contributed by atoms with Crippen molar-refractivity contribution in [1.82, 2.24) is 4.98 Å². The van der Waals surface area contributed by atoms with E-state index in [-0.39, 0.29) is 11.6 Å². The summed E-state index contributed by atoms with van der Waals surface area (Å²) in [5.74, 6) is 0.643. The number of anilines is 1. The smallest absolute Gasteiger partial charge is 0.196 e. The molecular formula is C15H16N2O. The van der Waals surface area contributed by atoms with Crippen molar-refractivity contribution in [2.75, 3.05) is 5.73 Å². The summed E-state index contributed by atoms with van der Waals surface area (Å²) in [6, 6.07) is 11.0. The maximum atomic E-state index is 12.2. The van der Waals surface area contributed by atoms with Gasteiger partial charge >= 0.3 is 0 Å². The Bertz CT molecular complexity index is 559. The minimum absolute atomic E-state index is 0.0871. The van der Waals surface area contributed by atoms with Gasteiger partial charge in [0.25, 0.3) is 0 Å². The maximum absolute atomic E-state index is 12.2. The van der Waals surface area contributed by atoms with Crippen LogP contribution >= 0.6 is 0 Å². The number of hydrogen-bond acceptors (Lipinski definition) is 3. The summed E-state index contributed by atoms with van der Waals surface area (Å²) in [7, 11) is 0. The van der Waals surface area contributed by atoms with Gasteiger partial charge in [0.2, 0.25) is 0 Å². The van der Waals surface area contributed by atoms with Gasteiger partial charge in [0, 0.05) is 11.8 Å². The number of hydrogen-bond donors (Lipinski definition) is 1. The first-order valence-corrected chi connectivity index (χ1v) is 5.94. The largest absolute Gasteiger partial charge is 0.383 e. The predicted octanol–water partition coefficient (Wildman–Crippen LogP) is 3.02. The molecule has 92 valence electrons. The molecule has 0 atom stereocenters. The number of nitrogen functional groups attached to an aromatic ring is 1. The maximum Gasteiger partial charge on any atom is 0.196 e. The minimum Gasteiger partial charge on any atom is -0.383 e. The van der Waals surface area contributed by atoms with Crippen molar-refractivity contribution in [2.45, 2.75) is 19.8 Å². The van der Waals surface area contributed by atoms with Crippen LogP contribution < -0.4 is 5.73 Å². The molecule has 2 rings (SSSR count). The Morgan fingerprint density at radius 1 is 1.17 bits per heavy atom. The first-order valence-electron chi connectivity index (χ1n) is 5.94. The lowest BCUT2D eigenvalue weighted by molar-refractivity contribution is 0.103. The summed E-state index contributed by atoms with van der Waals surface area (Å²) in [6.45, 7) is 4.24. The van der Waals surface area contributed by atoms with Crippen LogP contribution in [0.1, 0.15) is 41.3 Å². The van der Waals surface area contributed by atoms with Gasteiger partial charge in [0.15, 0.2) is 5.78 Å². The summed E-state index contributed by atoms with van der Waals surface area (Å²) in [5, 5.41) is 0. The van der Waals surface area contributed by atoms with Gasteiger partial charge in [-0.3, -0.25) is 4.79 Å². The fourth-order valence-electron chi connectivity index (χ4n) is 1.78. The molecule has 0 radical (unpaired) electrons. The topological polar surface area (TPSA) is 56.0 Å². The molecule has 0 spiro atoms. The number of nitrogens with zero attached hydrogens (tertiary/aromatic N) is 1. The molecule has 0 unspecified atom stereocenters. The molecule has 0 aliphatic rings. The van der Waals surface area contributed by atoms with E-state index in [2.05, 4.69) is 18.8 Å². The van der Waals surface area contributed by atoms with Crippen LogP contribution in [0, 0.1) is 0 Å². The first kappa shape index (κ1) is 12.3. The van der Waals surface area contributed by atoms with Gasteiger partial charge in [-0.25, -0.2) is 4.98 Å². The number of pyridine rings is 1. The molecule has 0 bridgehead atoms. The lowest BCUT2D eigenvalue weighted by atomic mass is 9.98. The van der Waals surface area contributed by atoms with E-state index in [0.717, 1.165) is 0 Å². The van der Waals surface area contributed by atoms with Gasteiger partial charge in [0.05, 0.1) is 5.56 Å². The number of ketones is 1.